The van der Waals surface area contributed by atoms with Crippen LogP contribution in [0.25, 0.3) is 0 Å². The largest absolute Gasteiger partial charge is 0.409 e. The molecular weight excluding hydrogens is 228 g/mol. The summed E-state index contributed by atoms with van der Waals surface area (Å²) < 4.78 is 0. The maximum absolute atomic E-state index is 8.80. The van der Waals surface area contributed by atoms with E-state index in [2.05, 4.69) is 35.8 Å². The minimum atomic E-state index is 0.0493. The topological polar surface area (TPSA) is 74.7 Å². The summed E-state index contributed by atoms with van der Waals surface area (Å²) in [5, 5.41) is 11.8. The molecule has 0 saturated heterocycles. The minimum absolute atomic E-state index is 0.0493. The number of anilines is 1. The second-order valence-electron chi connectivity index (χ2n) is 4.41. The van der Waals surface area contributed by atoms with Crippen molar-refractivity contribution in [2.45, 2.75) is 27.2 Å². The van der Waals surface area contributed by atoms with Crippen molar-refractivity contribution in [3.63, 3.8) is 0 Å². The molecule has 5 nitrogen and oxygen atoms in total. The number of hydrogen-bond acceptors (Lipinski definition) is 4. The third-order valence-corrected chi connectivity index (χ3v) is 3.09. The molecule has 1 aromatic heterocycles. The zero-order chi connectivity index (χ0) is 13.5. The number of hydrogen-bond donors (Lipinski definition) is 2. The fourth-order valence-electron chi connectivity index (χ4n) is 1.80. The molecular formula is C13H22N4O. The standard InChI is InChI=1S/C13H22N4O/c1-4-10(3)9-17(5-2)11-7-6-8-15-12(11)13(14)16-18/h6-8,10,18H,4-5,9H2,1-3H3,(H2,14,16). The van der Waals surface area contributed by atoms with Crippen LogP contribution in [0.4, 0.5) is 5.69 Å². The molecule has 0 aromatic carbocycles. The lowest BCUT2D eigenvalue weighted by molar-refractivity contribution is 0.318. The average Bonchev–Trinajstić information content (AvgIpc) is 2.43. The van der Waals surface area contributed by atoms with E-state index in [1.165, 1.54) is 0 Å². The predicted octanol–water partition coefficient (Wildman–Crippen LogP) is 2.05. The summed E-state index contributed by atoms with van der Waals surface area (Å²) in [6.45, 7) is 8.27. The van der Waals surface area contributed by atoms with Gasteiger partial charge in [0.2, 0.25) is 0 Å². The Morgan fingerprint density at radius 1 is 1.56 bits per heavy atom. The number of nitrogens with zero attached hydrogens (tertiary/aromatic N) is 3. The Balaban J connectivity index is 3.05. The summed E-state index contributed by atoms with van der Waals surface area (Å²) in [6.07, 6.45) is 2.77. The van der Waals surface area contributed by atoms with Gasteiger partial charge < -0.3 is 15.8 Å². The maximum atomic E-state index is 8.80. The molecule has 1 atom stereocenters. The molecule has 0 aliphatic carbocycles. The van der Waals surface area contributed by atoms with E-state index in [0.29, 0.717) is 11.6 Å². The first kappa shape index (κ1) is 14.3. The van der Waals surface area contributed by atoms with Crippen molar-refractivity contribution in [3.05, 3.63) is 24.0 Å². The van der Waals surface area contributed by atoms with Crippen LogP contribution in [0, 0.1) is 5.92 Å². The number of pyridine rings is 1. The van der Waals surface area contributed by atoms with Crippen LogP contribution < -0.4 is 10.6 Å². The van der Waals surface area contributed by atoms with E-state index in [0.717, 1.165) is 25.2 Å². The van der Waals surface area contributed by atoms with Gasteiger partial charge in [0.25, 0.3) is 0 Å². The molecule has 0 aliphatic heterocycles. The van der Waals surface area contributed by atoms with Gasteiger partial charge in [0, 0.05) is 19.3 Å². The van der Waals surface area contributed by atoms with Crippen LogP contribution in [0.3, 0.4) is 0 Å². The van der Waals surface area contributed by atoms with Gasteiger partial charge in [-0.05, 0) is 25.0 Å². The Morgan fingerprint density at radius 3 is 2.83 bits per heavy atom. The van der Waals surface area contributed by atoms with Gasteiger partial charge in [0.1, 0.15) is 5.69 Å². The van der Waals surface area contributed by atoms with Crippen LogP contribution in [-0.2, 0) is 0 Å². The predicted molar refractivity (Wildman–Crippen MR) is 74.1 cm³/mol. The van der Waals surface area contributed by atoms with E-state index >= 15 is 0 Å². The molecule has 5 heteroatoms. The van der Waals surface area contributed by atoms with Crippen molar-refractivity contribution < 1.29 is 5.21 Å². The summed E-state index contributed by atoms with van der Waals surface area (Å²) in [7, 11) is 0. The van der Waals surface area contributed by atoms with Gasteiger partial charge in [-0.2, -0.15) is 0 Å². The summed E-state index contributed by atoms with van der Waals surface area (Å²) in [6, 6.07) is 3.81. The van der Waals surface area contributed by atoms with E-state index in [1.54, 1.807) is 6.20 Å². The fraction of sp³-hybridized carbons (Fsp3) is 0.538. The van der Waals surface area contributed by atoms with E-state index in [1.807, 2.05) is 12.1 Å². The first-order chi connectivity index (χ1) is 8.63. The Labute approximate surface area is 108 Å². The van der Waals surface area contributed by atoms with Crippen LogP contribution in [0.15, 0.2) is 23.5 Å². The van der Waals surface area contributed by atoms with Crippen molar-refractivity contribution in [2.24, 2.45) is 16.8 Å². The summed E-state index contributed by atoms with van der Waals surface area (Å²) >= 11 is 0. The number of rotatable bonds is 6. The Hall–Kier alpha value is -1.78. The lowest BCUT2D eigenvalue weighted by Gasteiger charge is -2.27. The second kappa shape index (κ2) is 6.83. The van der Waals surface area contributed by atoms with E-state index in [-0.39, 0.29) is 5.84 Å². The Morgan fingerprint density at radius 2 is 2.28 bits per heavy atom. The van der Waals surface area contributed by atoms with Gasteiger partial charge in [-0.3, -0.25) is 4.98 Å². The highest BCUT2D eigenvalue weighted by Crippen LogP contribution is 2.20. The van der Waals surface area contributed by atoms with Crippen LogP contribution in [0.5, 0.6) is 0 Å². The lowest BCUT2D eigenvalue weighted by atomic mass is 10.1. The molecule has 1 unspecified atom stereocenters. The van der Waals surface area contributed by atoms with Gasteiger partial charge in [0.15, 0.2) is 5.84 Å². The molecule has 1 rings (SSSR count). The molecule has 0 saturated carbocycles. The molecule has 1 heterocycles. The minimum Gasteiger partial charge on any atom is -0.409 e. The zero-order valence-electron chi connectivity index (χ0n) is 11.3. The normalized spacial score (nSPS) is 13.4. The third-order valence-electron chi connectivity index (χ3n) is 3.09. The van der Waals surface area contributed by atoms with Crippen molar-refractivity contribution in [1.82, 2.24) is 4.98 Å². The summed E-state index contributed by atoms with van der Waals surface area (Å²) in [4.78, 5) is 6.40. The van der Waals surface area contributed by atoms with Gasteiger partial charge in [-0.1, -0.05) is 25.4 Å². The number of aromatic nitrogens is 1. The first-order valence-corrected chi connectivity index (χ1v) is 6.31. The quantitative estimate of drug-likeness (QED) is 0.351. The van der Waals surface area contributed by atoms with Crippen LogP contribution in [0.2, 0.25) is 0 Å². The molecule has 0 bridgehead atoms. The highest BCUT2D eigenvalue weighted by Gasteiger charge is 2.15. The molecule has 0 radical (unpaired) electrons. The highest BCUT2D eigenvalue weighted by atomic mass is 16.4. The number of amidine groups is 1. The van der Waals surface area contributed by atoms with E-state index in [9.17, 15) is 0 Å². The van der Waals surface area contributed by atoms with Crippen molar-refractivity contribution >= 4 is 11.5 Å². The second-order valence-corrected chi connectivity index (χ2v) is 4.41. The van der Waals surface area contributed by atoms with Gasteiger partial charge in [-0.15, -0.1) is 0 Å². The average molecular weight is 250 g/mol. The monoisotopic (exact) mass is 250 g/mol. The SMILES string of the molecule is CCC(C)CN(CC)c1cccnc1/C(N)=N/O. The molecule has 1 aromatic rings. The van der Waals surface area contributed by atoms with Crippen LogP contribution in [-0.4, -0.2) is 29.1 Å². The van der Waals surface area contributed by atoms with Crippen LogP contribution in [0.1, 0.15) is 32.9 Å². The summed E-state index contributed by atoms with van der Waals surface area (Å²) in [5.41, 5.74) is 7.11. The smallest absolute Gasteiger partial charge is 0.190 e. The maximum Gasteiger partial charge on any atom is 0.190 e. The van der Waals surface area contributed by atoms with Crippen LogP contribution >= 0.6 is 0 Å². The van der Waals surface area contributed by atoms with Crippen molar-refractivity contribution in [2.75, 3.05) is 18.0 Å². The summed E-state index contributed by atoms with van der Waals surface area (Å²) in [5.74, 6) is 0.637. The van der Waals surface area contributed by atoms with E-state index < -0.39 is 0 Å². The molecule has 0 aliphatic rings. The highest BCUT2D eigenvalue weighted by molar-refractivity contribution is 6.00. The van der Waals surface area contributed by atoms with Gasteiger partial charge in [-0.25, -0.2) is 0 Å². The van der Waals surface area contributed by atoms with Crippen molar-refractivity contribution in [3.8, 4) is 0 Å². The van der Waals surface area contributed by atoms with Crippen molar-refractivity contribution in [1.29, 1.82) is 0 Å². The molecule has 0 fully saturated rings. The molecule has 100 valence electrons. The fourth-order valence-corrected chi connectivity index (χ4v) is 1.80. The molecule has 3 N–H and O–H groups in total. The van der Waals surface area contributed by atoms with E-state index in [4.69, 9.17) is 10.9 Å². The lowest BCUT2D eigenvalue weighted by Crippen LogP contribution is -2.31. The Kier molecular flexibility index (Phi) is 5.42. The third kappa shape index (κ3) is 3.35. The van der Waals surface area contributed by atoms with Gasteiger partial charge in [0.05, 0.1) is 5.69 Å². The zero-order valence-corrected chi connectivity index (χ0v) is 11.3. The molecule has 0 amide bonds. The van der Waals surface area contributed by atoms with Gasteiger partial charge >= 0.3 is 0 Å². The Bertz CT molecular complexity index is 406. The molecule has 0 spiro atoms. The number of oxime groups is 1. The first-order valence-electron chi connectivity index (χ1n) is 6.31. The number of nitrogens with two attached hydrogens (primary N) is 1. The molecule has 18 heavy (non-hydrogen) atoms.